The Kier molecular flexibility index (Phi) is 5.92. The predicted molar refractivity (Wildman–Crippen MR) is 134 cm³/mol. The molecule has 1 aliphatic rings. The van der Waals surface area contributed by atoms with Gasteiger partial charge in [-0.15, -0.1) is 0 Å². The highest BCUT2D eigenvalue weighted by Gasteiger charge is 2.28. The molecule has 4 aromatic rings. The first-order valence-electron chi connectivity index (χ1n) is 11.0. The van der Waals surface area contributed by atoms with Gasteiger partial charge in [-0.05, 0) is 30.3 Å². The van der Waals surface area contributed by atoms with Gasteiger partial charge in [0.15, 0.2) is 5.69 Å². The van der Waals surface area contributed by atoms with Crippen LogP contribution in [-0.4, -0.2) is 51.7 Å². The molecule has 1 saturated heterocycles. The van der Waals surface area contributed by atoms with E-state index in [0.717, 1.165) is 0 Å². The number of hydrogen-bond donors (Lipinski definition) is 0. The number of nitro benzene ring substituents is 1. The summed E-state index contributed by atoms with van der Waals surface area (Å²) in [5.74, 6) is -0.295. The molecule has 0 unspecified atom stereocenters. The number of nitrogens with zero attached hydrogens (tertiary/aromatic N) is 5. The van der Waals surface area contributed by atoms with Crippen molar-refractivity contribution in [3.63, 3.8) is 0 Å². The Bertz CT molecular complexity index is 1500. The SMILES string of the molecule is O=C(c1nn(-c2ccccc2)c(=O)c2ccccc12)N1CCN(c2ccc(Cl)cc2[N+](=O)[O-])CC1. The highest BCUT2D eigenvalue weighted by Crippen LogP contribution is 2.32. The van der Waals surface area contributed by atoms with Crippen LogP contribution in [0.15, 0.2) is 77.6 Å². The molecule has 0 spiro atoms. The van der Waals surface area contributed by atoms with E-state index < -0.39 is 4.92 Å². The van der Waals surface area contributed by atoms with Gasteiger partial charge in [-0.25, -0.2) is 0 Å². The van der Waals surface area contributed by atoms with Crippen LogP contribution in [0.5, 0.6) is 0 Å². The van der Waals surface area contributed by atoms with Crippen molar-refractivity contribution in [1.82, 2.24) is 14.7 Å². The van der Waals surface area contributed by atoms with Crippen molar-refractivity contribution >= 4 is 39.7 Å². The third-order valence-corrected chi connectivity index (χ3v) is 6.29. The topological polar surface area (TPSA) is 102 Å². The number of nitro groups is 1. The highest BCUT2D eigenvalue weighted by molar-refractivity contribution is 6.30. The standard InChI is InChI=1S/C25H20ClN5O4/c26-17-10-11-21(22(16-17)31(34)35)28-12-14-29(15-13-28)25(33)23-19-8-4-5-9-20(19)24(32)30(27-23)18-6-2-1-3-7-18/h1-11,16H,12-15H2. The first-order valence-corrected chi connectivity index (χ1v) is 11.4. The summed E-state index contributed by atoms with van der Waals surface area (Å²) >= 11 is 5.94. The molecular weight excluding hydrogens is 470 g/mol. The molecule has 1 amide bonds. The summed E-state index contributed by atoms with van der Waals surface area (Å²) in [7, 11) is 0. The van der Waals surface area contributed by atoms with E-state index in [4.69, 9.17) is 11.6 Å². The molecule has 9 nitrogen and oxygen atoms in total. The fourth-order valence-corrected chi connectivity index (χ4v) is 4.47. The summed E-state index contributed by atoms with van der Waals surface area (Å²) in [6, 6.07) is 20.5. The molecule has 3 aromatic carbocycles. The van der Waals surface area contributed by atoms with Gasteiger partial charge >= 0.3 is 0 Å². The molecule has 0 N–H and O–H groups in total. The normalized spacial score (nSPS) is 13.7. The number of benzene rings is 3. The second-order valence-electron chi connectivity index (χ2n) is 8.12. The van der Waals surface area contributed by atoms with E-state index in [9.17, 15) is 19.7 Å². The number of aromatic nitrogens is 2. The van der Waals surface area contributed by atoms with Crippen molar-refractivity contribution in [2.24, 2.45) is 0 Å². The van der Waals surface area contributed by atoms with Crippen LogP contribution in [0.25, 0.3) is 16.5 Å². The van der Waals surface area contributed by atoms with Crippen LogP contribution in [-0.2, 0) is 0 Å². The van der Waals surface area contributed by atoms with Crippen LogP contribution in [0, 0.1) is 10.1 Å². The van der Waals surface area contributed by atoms with Crippen molar-refractivity contribution < 1.29 is 9.72 Å². The number of halogens is 1. The second kappa shape index (κ2) is 9.19. The lowest BCUT2D eigenvalue weighted by Crippen LogP contribution is -2.49. The van der Waals surface area contributed by atoms with E-state index >= 15 is 0 Å². The van der Waals surface area contributed by atoms with E-state index in [1.807, 2.05) is 11.0 Å². The van der Waals surface area contributed by atoms with Crippen LogP contribution in [0.3, 0.4) is 0 Å². The highest BCUT2D eigenvalue weighted by atomic mass is 35.5. The molecule has 0 atom stereocenters. The molecule has 1 aromatic heterocycles. The summed E-state index contributed by atoms with van der Waals surface area (Å²) in [6.45, 7) is 1.51. The maximum atomic E-state index is 13.6. The number of para-hydroxylation sites is 1. The van der Waals surface area contributed by atoms with Crippen molar-refractivity contribution in [3.8, 4) is 5.69 Å². The zero-order valence-electron chi connectivity index (χ0n) is 18.5. The average molecular weight is 490 g/mol. The summed E-state index contributed by atoms with van der Waals surface area (Å²) in [5.41, 5.74) is 0.850. The Labute approximate surface area is 204 Å². The number of carbonyl (C=O) groups excluding carboxylic acids is 1. The number of anilines is 1. The Morgan fingerprint density at radius 3 is 2.26 bits per heavy atom. The first kappa shape index (κ1) is 22.5. The van der Waals surface area contributed by atoms with Crippen molar-refractivity contribution in [2.45, 2.75) is 0 Å². The molecule has 10 heteroatoms. The predicted octanol–water partition coefficient (Wildman–Crippen LogP) is 3.91. The van der Waals surface area contributed by atoms with Gasteiger partial charge in [-0.2, -0.15) is 9.78 Å². The van der Waals surface area contributed by atoms with Gasteiger partial charge in [0.1, 0.15) is 5.69 Å². The molecular formula is C25H20ClN5O4. The van der Waals surface area contributed by atoms with Crippen LogP contribution in [0.1, 0.15) is 10.5 Å². The quantitative estimate of drug-likeness (QED) is 0.318. The van der Waals surface area contributed by atoms with E-state index in [1.165, 1.54) is 10.7 Å². The minimum absolute atomic E-state index is 0.0696. The largest absolute Gasteiger partial charge is 0.362 e. The second-order valence-corrected chi connectivity index (χ2v) is 8.55. The summed E-state index contributed by atoms with van der Waals surface area (Å²) in [5, 5.41) is 17.2. The Morgan fingerprint density at radius 1 is 0.914 bits per heavy atom. The molecule has 0 saturated carbocycles. The number of piperazine rings is 1. The maximum Gasteiger partial charge on any atom is 0.294 e. The average Bonchev–Trinajstić information content (AvgIpc) is 2.89. The van der Waals surface area contributed by atoms with E-state index in [2.05, 4.69) is 5.10 Å². The van der Waals surface area contributed by atoms with Crippen molar-refractivity contribution in [1.29, 1.82) is 0 Å². The van der Waals surface area contributed by atoms with E-state index in [1.54, 1.807) is 65.6 Å². The van der Waals surface area contributed by atoms with Crippen LogP contribution >= 0.6 is 11.6 Å². The number of fused-ring (bicyclic) bond motifs is 1. The Balaban J connectivity index is 1.46. The third-order valence-electron chi connectivity index (χ3n) is 6.05. The van der Waals surface area contributed by atoms with Crippen LogP contribution in [0.4, 0.5) is 11.4 Å². The maximum absolute atomic E-state index is 13.6. The molecule has 5 rings (SSSR count). The lowest BCUT2D eigenvalue weighted by atomic mass is 10.1. The van der Waals surface area contributed by atoms with Gasteiger partial charge in [0.05, 0.1) is 16.0 Å². The zero-order chi connectivity index (χ0) is 24.5. The number of carbonyl (C=O) groups is 1. The van der Waals surface area contributed by atoms with E-state index in [-0.39, 0.29) is 22.8 Å². The summed E-state index contributed by atoms with van der Waals surface area (Å²) in [4.78, 5) is 41.2. The molecule has 2 heterocycles. The minimum atomic E-state index is -0.457. The van der Waals surface area contributed by atoms with Gasteiger partial charge < -0.3 is 9.80 Å². The summed E-state index contributed by atoms with van der Waals surface area (Å²) < 4.78 is 1.25. The van der Waals surface area contributed by atoms with E-state index in [0.29, 0.717) is 53.3 Å². The Hall–Kier alpha value is -4.24. The number of rotatable bonds is 4. The molecule has 0 aliphatic carbocycles. The molecule has 0 radical (unpaired) electrons. The molecule has 176 valence electrons. The van der Waals surface area contributed by atoms with Gasteiger partial charge in [-0.1, -0.05) is 48.0 Å². The lowest BCUT2D eigenvalue weighted by Gasteiger charge is -2.35. The fourth-order valence-electron chi connectivity index (χ4n) is 4.30. The van der Waals surface area contributed by atoms with Crippen molar-refractivity contribution in [2.75, 3.05) is 31.1 Å². The third kappa shape index (κ3) is 4.22. The lowest BCUT2D eigenvalue weighted by molar-refractivity contribution is -0.384. The minimum Gasteiger partial charge on any atom is -0.362 e. The molecule has 35 heavy (non-hydrogen) atoms. The van der Waals surface area contributed by atoms with Gasteiger partial charge in [0.25, 0.3) is 17.2 Å². The monoisotopic (exact) mass is 489 g/mol. The van der Waals surface area contributed by atoms with Gasteiger partial charge in [-0.3, -0.25) is 19.7 Å². The molecule has 1 aliphatic heterocycles. The first-order chi connectivity index (χ1) is 16.9. The molecule has 1 fully saturated rings. The smallest absolute Gasteiger partial charge is 0.294 e. The van der Waals surface area contributed by atoms with Gasteiger partial charge in [0, 0.05) is 42.7 Å². The van der Waals surface area contributed by atoms with Crippen LogP contribution in [0.2, 0.25) is 5.02 Å². The molecule has 0 bridgehead atoms. The number of amides is 1. The van der Waals surface area contributed by atoms with Gasteiger partial charge in [0.2, 0.25) is 0 Å². The van der Waals surface area contributed by atoms with Crippen LogP contribution < -0.4 is 10.5 Å². The van der Waals surface area contributed by atoms with Crippen molar-refractivity contribution in [3.05, 3.63) is 104 Å². The number of hydrogen-bond acceptors (Lipinski definition) is 6. The zero-order valence-corrected chi connectivity index (χ0v) is 19.3. The summed E-state index contributed by atoms with van der Waals surface area (Å²) in [6.07, 6.45) is 0. The fraction of sp³-hybridized carbons (Fsp3) is 0.160. The Morgan fingerprint density at radius 2 is 1.57 bits per heavy atom.